The Bertz CT molecular complexity index is 764. The molecule has 9 nitrogen and oxygen atoms in total. The molecule has 0 saturated heterocycles. The molecule has 266 valence electrons. The molecule has 0 aromatic carbocycles. The van der Waals surface area contributed by atoms with Crippen LogP contribution in [0.25, 0.3) is 0 Å². The summed E-state index contributed by atoms with van der Waals surface area (Å²) in [6.07, 6.45) is 29.9. The number of aliphatic hydroxyl groups excluding tert-OH is 1. The van der Waals surface area contributed by atoms with E-state index in [4.69, 9.17) is 13.8 Å². The van der Waals surface area contributed by atoms with E-state index in [1.54, 1.807) is 0 Å². The first-order valence-corrected chi connectivity index (χ1v) is 19.7. The zero-order valence-electron chi connectivity index (χ0n) is 28.8. The molecule has 0 spiro atoms. The van der Waals surface area contributed by atoms with Crippen molar-refractivity contribution < 1.29 is 37.9 Å². The van der Waals surface area contributed by atoms with E-state index in [1.165, 1.54) is 83.5 Å². The molecular weight excluding hydrogens is 593 g/mol. The minimum absolute atomic E-state index is 0.0845. The highest BCUT2D eigenvalue weighted by Crippen LogP contribution is 2.42. The third-order valence-corrected chi connectivity index (χ3v) is 8.68. The Kier molecular flexibility index (Phi) is 31.8. The Labute approximate surface area is 275 Å². The van der Waals surface area contributed by atoms with Gasteiger partial charge in [0.25, 0.3) is 0 Å². The number of hydrogen-bond donors (Lipinski definition) is 3. The van der Waals surface area contributed by atoms with Gasteiger partial charge in [0.2, 0.25) is 5.91 Å². The number of esters is 1. The normalized spacial score (nSPS) is 13.6. The first-order valence-electron chi connectivity index (χ1n) is 18.2. The maximum atomic E-state index is 12.0. The molecule has 2 unspecified atom stereocenters. The van der Waals surface area contributed by atoms with Crippen LogP contribution in [0.3, 0.4) is 0 Å². The van der Waals surface area contributed by atoms with Crippen molar-refractivity contribution in [1.29, 1.82) is 0 Å². The van der Waals surface area contributed by atoms with E-state index >= 15 is 0 Å². The predicted octanol–water partition coefficient (Wildman–Crippen LogP) is 9.10. The first-order chi connectivity index (χ1) is 21.8. The lowest BCUT2D eigenvalue weighted by Gasteiger charge is -2.15. The standard InChI is InChI=1S/C35H68NO8P/c1-3-5-7-9-11-13-15-16-18-20-22-24-26-28-35(39)42-31-33(37)32-44-45(40,41)43-30-29-36-34(38)27-25-23-21-19-17-14-12-10-8-6-4-2/h13,15,33,37H,3-12,14,16-32H2,1-2H3,(H,36,38)(H,40,41)/b15-13-. The number of nitrogens with one attached hydrogen (secondary N) is 1. The van der Waals surface area contributed by atoms with E-state index in [9.17, 15) is 24.2 Å². The van der Waals surface area contributed by atoms with Gasteiger partial charge in [0.05, 0.1) is 13.2 Å². The fourth-order valence-corrected chi connectivity index (χ4v) is 5.66. The summed E-state index contributed by atoms with van der Waals surface area (Å²) in [5.41, 5.74) is 0. The Hall–Kier alpha value is -1.25. The lowest BCUT2D eigenvalue weighted by molar-refractivity contribution is -0.147. The highest BCUT2D eigenvalue weighted by Gasteiger charge is 2.23. The van der Waals surface area contributed by atoms with Gasteiger partial charge in [-0.15, -0.1) is 0 Å². The number of phosphoric ester groups is 1. The van der Waals surface area contributed by atoms with Crippen LogP contribution < -0.4 is 5.32 Å². The predicted molar refractivity (Wildman–Crippen MR) is 183 cm³/mol. The fourth-order valence-electron chi connectivity index (χ4n) is 4.90. The number of phosphoric acid groups is 1. The van der Waals surface area contributed by atoms with E-state index in [2.05, 4.69) is 31.3 Å². The average Bonchev–Trinajstić information content (AvgIpc) is 3.02. The van der Waals surface area contributed by atoms with Crippen molar-refractivity contribution in [2.45, 2.75) is 174 Å². The molecule has 10 heteroatoms. The summed E-state index contributed by atoms with van der Waals surface area (Å²) in [5, 5.41) is 12.6. The van der Waals surface area contributed by atoms with E-state index in [0.29, 0.717) is 6.42 Å². The second-order valence-corrected chi connectivity index (χ2v) is 13.7. The number of unbranched alkanes of at least 4 members (excludes halogenated alkanes) is 19. The highest BCUT2D eigenvalue weighted by atomic mass is 31.2. The van der Waals surface area contributed by atoms with Crippen LogP contribution in [0.2, 0.25) is 0 Å². The van der Waals surface area contributed by atoms with Gasteiger partial charge in [0, 0.05) is 19.4 Å². The molecule has 0 fully saturated rings. The lowest BCUT2D eigenvalue weighted by Crippen LogP contribution is -2.27. The van der Waals surface area contributed by atoms with Gasteiger partial charge in [-0.05, 0) is 38.5 Å². The summed E-state index contributed by atoms with van der Waals surface area (Å²) < 4.78 is 26.7. The van der Waals surface area contributed by atoms with Crippen molar-refractivity contribution in [1.82, 2.24) is 5.32 Å². The van der Waals surface area contributed by atoms with Gasteiger partial charge in [0.1, 0.15) is 12.7 Å². The number of ether oxygens (including phenoxy) is 1. The van der Waals surface area contributed by atoms with Crippen molar-refractivity contribution in [3.63, 3.8) is 0 Å². The van der Waals surface area contributed by atoms with Gasteiger partial charge < -0.3 is 20.1 Å². The zero-order valence-corrected chi connectivity index (χ0v) is 29.7. The van der Waals surface area contributed by atoms with Crippen LogP contribution in [0, 0.1) is 0 Å². The van der Waals surface area contributed by atoms with Gasteiger partial charge in [-0.1, -0.05) is 129 Å². The molecule has 45 heavy (non-hydrogen) atoms. The van der Waals surface area contributed by atoms with Crippen LogP contribution in [0.4, 0.5) is 0 Å². The van der Waals surface area contributed by atoms with E-state index in [1.807, 2.05) is 0 Å². The van der Waals surface area contributed by atoms with E-state index in [-0.39, 0.29) is 32.1 Å². The van der Waals surface area contributed by atoms with Crippen molar-refractivity contribution in [2.24, 2.45) is 0 Å². The molecule has 0 rings (SSSR count). The second kappa shape index (κ2) is 32.7. The molecule has 0 radical (unpaired) electrons. The second-order valence-electron chi connectivity index (χ2n) is 12.2. The van der Waals surface area contributed by atoms with Gasteiger partial charge >= 0.3 is 13.8 Å². The number of amides is 1. The molecule has 3 N–H and O–H groups in total. The van der Waals surface area contributed by atoms with Gasteiger partial charge in [-0.25, -0.2) is 4.57 Å². The number of rotatable bonds is 34. The van der Waals surface area contributed by atoms with Gasteiger partial charge in [0.15, 0.2) is 0 Å². The lowest BCUT2D eigenvalue weighted by atomic mass is 10.1. The van der Waals surface area contributed by atoms with Crippen molar-refractivity contribution in [3.05, 3.63) is 12.2 Å². The number of aliphatic hydroxyl groups is 1. The first kappa shape index (κ1) is 43.8. The van der Waals surface area contributed by atoms with Gasteiger partial charge in [-0.2, -0.15) is 0 Å². The molecule has 0 aliphatic heterocycles. The summed E-state index contributed by atoms with van der Waals surface area (Å²) in [4.78, 5) is 33.6. The third kappa shape index (κ3) is 33.9. The monoisotopic (exact) mass is 661 g/mol. The highest BCUT2D eigenvalue weighted by molar-refractivity contribution is 7.47. The maximum Gasteiger partial charge on any atom is 0.472 e. The topological polar surface area (TPSA) is 131 Å². The smallest absolute Gasteiger partial charge is 0.463 e. The fraction of sp³-hybridized carbons (Fsp3) is 0.886. The Morgan fingerprint density at radius 3 is 1.69 bits per heavy atom. The van der Waals surface area contributed by atoms with Crippen molar-refractivity contribution in [2.75, 3.05) is 26.4 Å². The summed E-state index contributed by atoms with van der Waals surface area (Å²) in [7, 11) is -4.40. The number of allylic oxidation sites excluding steroid dienone is 2. The maximum absolute atomic E-state index is 12.0. The molecule has 0 saturated carbocycles. The average molecular weight is 662 g/mol. The summed E-state index contributed by atoms with van der Waals surface area (Å²) in [5.74, 6) is -0.524. The molecule has 0 aliphatic carbocycles. The van der Waals surface area contributed by atoms with Crippen LogP contribution in [0.1, 0.15) is 168 Å². The summed E-state index contributed by atoms with van der Waals surface area (Å²) in [6.45, 7) is 3.51. The summed E-state index contributed by atoms with van der Waals surface area (Å²) in [6, 6.07) is 0. The zero-order chi connectivity index (χ0) is 33.3. The Morgan fingerprint density at radius 2 is 1.13 bits per heavy atom. The largest absolute Gasteiger partial charge is 0.472 e. The van der Waals surface area contributed by atoms with Crippen LogP contribution >= 0.6 is 7.82 Å². The van der Waals surface area contributed by atoms with Crippen LogP contribution in [0.15, 0.2) is 12.2 Å². The van der Waals surface area contributed by atoms with Crippen LogP contribution in [-0.4, -0.2) is 54.3 Å². The minimum atomic E-state index is -4.40. The Balaban J connectivity index is 3.64. The van der Waals surface area contributed by atoms with E-state index < -0.39 is 26.5 Å². The number of carbonyl (C=O) groups is 2. The molecular formula is C35H68NO8P. The molecule has 0 bridgehead atoms. The molecule has 0 aromatic rings. The number of carbonyl (C=O) groups excluding carboxylic acids is 2. The third-order valence-electron chi connectivity index (χ3n) is 7.70. The molecule has 1 amide bonds. The minimum Gasteiger partial charge on any atom is -0.463 e. The Morgan fingerprint density at radius 1 is 0.667 bits per heavy atom. The van der Waals surface area contributed by atoms with Crippen LogP contribution in [-0.2, 0) is 27.9 Å². The molecule has 0 aliphatic rings. The van der Waals surface area contributed by atoms with Crippen molar-refractivity contribution in [3.8, 4) is 0 Å². The SMILES string of the molecule is CCCCCC/C=C\CCCCCCCC(=O)OCC(O)COP(=O)(O)OCCNC(=O)CCCCCCCCCCCCC. The number of hydrogen-bond acceptors (Lipinski definition) is 7. The summed E-state index contributed by atoms with van der Waals surface area (Å²) >= 11 is 0. The van der Waals surface area contributed by atoms with Crippen molar-refractivity contribution >= 4 is 19.7 Å². The van der Waals surface area contributed by atoms with Gasteiger partial charge in [-0.3, -0.25) is 18.6 Å². The molecule has 0 aromatic heterocycles. The molecule has 0 heterocycles. The van der Waals surface area contributed by atoms with E-state index in [0.717, 1.165) is 57.8 Å². The quantitative estimate of drug-likeness (QED) is 0.0269. The van der Waals surface area contributed by atoms with Crippen LogP contribution in [0.5, 0.6) is 0 Å². The molecule has 2 atom stereocenters.